The van der Waals surface area contributed by atoms with Crippen LogP contribution < -0.4 is 0 Å². The molecule has 0 aromatic heterocycles. The van der Waals surface area contributed by atoms with E-state index in [-0.39, 0.29) is 36.1 Å². The summed E-state index contributed by atoms with van der Waals surface area (Å²) in [7, 11) is 0. The SMILES string of the molecule is C[C@@H]1C[C@@H](c2ccc(C#N)cc2)N(C(=O)C(C)(C)C)O1.C[C@H]1C[C@@H](c2ccc(C#N)cc2)N(C(=O)C(C)(C)C)O1. The van der Waals surface area contributed by atoms with E-state index in [2.05, 4.69) is 12.1 Å². The first-order valence-electron chi connectivity index (χ1n) is 13.7. The number of benzene rings is 2. The van der Waals surface area contributed by atoms with E-state index >= 15 is 0 Å². The number of nitrogens with zero attached hydrogens (tertiary/aromatic N) is 4. The molecular weight excluding hydrogens is 504 g/mol. The van der Waals surface area contributed by atoms with Crippen LogP contribution in [0.1, 0.15) is 103 Å². The summed E-state index contributed by atoms with van der Waals surface area (Å²) in [4.78, 5) is 36.3. The van der Waals surface area contributed by atoms with Gasteiger partial charge in [-0.05, 0) is 49.2 Å². The van der Waals surface area contributed by atoms with Crippen LogP contribution in [0.2, 0.25) is 0 Å². The van der Waals surface area contributed by atoms with Gasteiger partial charge in [0.15, 0.2) is 0 Å². The lowest BCUT2D eigenvalue weighted by molar-refractivity contribution is -0.195. The maximum absolute atomic E-state index is 12.5. The molecule has 2 aliphatic heterocycles. The molecule has 2 amide bonds. The summed E-state index contributed by atoms with van der Waals surface area (Å²) in [6.45, 7) is 15.2. The summed E-state index contributed by atoms with van der Waals surface area (Å²) in [6.07, 6.45) is 1.57. The van der Waals surface area contributed by atoms with Crippen molar-refractivity contribution in [1.82, 2.24) is 10.1 Å². The highest BCUT2D eigenvalue weighted by Crippen LogP contribution is 2.38. The van der Waals surface area contributed by atoms with Gasteiger partial charge in [0.05, 0.1) is 47.6 Å². The van der Waals surface area contributed by atoms with Crippen LogP contribution in [0.3, 0.4) is 0 Å². The van der Waals surface area contributed by atoms with Crippen molar-refractivity contribution in [2.24, 2.45) is 10.8 Å². The Hall–Kier alpha value is -3.72. The number of hydrogen-bond acceptors (Lipinski definition) is 6. The maximum atomic E-state index is 12.5. The summed E-state index contributed by atoms with van der Waals surface area (Å²) in [6, 6.07) is 18.7. The van der Waals surface area contributed by atoms with E-state index in [1.165, 1.54) is 10.1 Å². The molecule has 0 saturated carbocycles. The minimum absolute atomic E-state index is 0.0157. The highest BCUT2D eigenvalue weighted by molar-refractivity contribution is 5.81. The van der Waals surface area contributed by atoms with E-state index in [9.17, 15) is 9.59 Å². The number of carbonyl (C=O) groups is 2. The van der Waals surface area contributed by atoms with Crippen molar-refractivity contribution in [2.75, 3.05) is 0 Å². The van der Waals surface area contributed by atoms with Crippen LogP contribution in [-0.4, -0.2) is 34.1 Å². The van der Waals surface area contributed by atoms with Crippen molar-refractivity contribution >= 4 is 11.8 Å². The number of amides is 2. The molecule has 2 aliphatic rings. The Morgan fingerprint density at radius 3 is 1.23 bits per heavy atom. The molecule has 2 heterocycles. The van der Waals surface area contributed by atoms with Crippen LogP contribution in [0.5, 0.6) is 0 Å². The van der Waals surface area contributed by atoms with Gasteiger partial charge in [0.1, 0.15) is 0 Å². The van der Waals surface area contributed by atoms with Crippen LogP contribution in [0, 0.1) is 33.5 Å². The fourth-order valence-corrected chi connectivity index (χ4v) is 4.58. The monoisotopic (exact) mass is 544 g/mol. The van der Waals surface area contributed by atoms with E-state index in [1.54, 1.807) is 24.3 Å². The second kappa shape index (κ2) is 12.2. The summed E-state index contributed by atoms with van der Waals surface area (Å²) in [5, 5.41) is 20.7. The van der Waals surface area contributed by atoms with Gasteiger partial charge in [0, 0.05) is 23.7 Å². The first-order valence-corrected chi connectivity index (χ1v) is 13.7. The van der Waals surface area contributed by atoms with Crippen LogP contribution in [0.15, 0.2) is 48.5 Å². The Labute approximate surface area is 238 Å². The Balaban J connectivity index is 0.000000220. The molecule has 2 saturated heterocycles. The van der Waals surface area contributed by atoms with Crippen LogP contribution >= 0.6 is 0 Å². The molecule has 4 rings (SSSR count). The molecular formula is C32H40N4O4. The average Bonchev–Trinajstić information content (AvgIpc) is 3.49. The second-order valence-electron chi connectivity index (χ2n) is 12.6. The van der Waals surface area contributed by atoms with E-state index in [4.69, 9.17) is 20.2 Å². The summed E-state index contributed by atoms with van der Waals surface area (Å²) in [5.74, 6) is -0.0348. The molecule has 0 spiro atoms. The highest BCUT2D eigenvalue weighted by Gasteiger charge is 2.41. The zero-order valence-electron chi connectivity index (χ0n) is 24.8. The lowest BCUT2D eigenvalue weighted by atomic mass is 9.93. The zero-order chi connectivity index (χ0) is 29.8. The molecule has 212 valence electrons. The molecule has 0 radical (unpaired) electrons. The molecule has 2 fully saturated rings. The molecule has 0 N–H and O–H groups in total. The molecule has 0 aliphatic carbocycles. The van der Waals surface area contributed by atoms with E-state index in [0.717, 1.165) is 24.0 Å². The first kappa shape index (κ1) is 30.8. The van der Waals surface area contributed by atoms with Gasteiger partial charge >= 0.3 is 0 Å². The Kier molecular flexibility index (Phi) is 9.40. The van der Waals surface area contributed by atoms with Crippen molar-refractivity contribution < 1.29 is 19.3 Å². The number of carbonyl (C=O) groups excluding carboxylic acids is 2. The Morgan fingerprint density at radius 1 is 0.675 bits per heavy atom. The average molecular weight is 545 g/mol. The minimum Gasteiger partial charge on any atom is -0.272 e. The number of hydrogen-bond donors (Lipinski definition) is 0. The topological polar surface area (TPSA) is 107 Å². The van der Waals surface area contributed by atoms with Gasteiger partial charge in [-0.15, -0.1) is 0 Å². The molecule has 0 bridgehead atoms. The third kappa shape index (κ3) is 7.27. The minimum atomic E-state index is -0.477. The predicted octanol–water partition coefficient (Wildman–Crippen LogP) is 6.40. The fraction of sp³-hybridized carbons (Fsp3) is 0.500. The zero-order valence-corrected chi connectivity index (χ0v) is 24.8. The summed E-state index contributed by atoms with van der Waals surface area (Å²) < 4.78 is 0. The quantitative estimate of drug-likeness (QED) is 0.433. The van der Waals surface area contributed by atoms with Crippen molar-refractivity contribution in [3.8, 4) is 12.1 Å². The van der Waals surface area contributed by atoms with Gasteiger partial charge in [-0.25, -0.2) is 10.1 Å². The fourth-order valence-electron chi connectivity index (χ4n) is 4.58. The predicted molar refractivity (Wildman–Crippen MR) is 151 cm³/mol. The van der Waals surface area contributed by atoms with E-state index in [1.807, 2.05) is 79.7 Å². The third-order valence-electron chi connectivity index (χ3n) is 6.80. The lowest BCUT2D eigenvalue weighted by Gasteiger charge is -2.29. The van der Waals surface area contributed by atoms with Gasteiger partial charge in [-0.1, -0.05) is 65.8 Å². The first-order chi connectivity index (χ1) is 18.6. The van der Waals surface area contributed by atoms with Gasteiger partial charge in [-0.3, -0.25) is 19.3 Å². The smallest absolute Gasteiger partial charge is 0.252 e. The number of rotatable bonds is 2. The maximum Gasteiger partial charge on any atom is 0.252 e. The van der Waals surface area contributed by atoms with Gasteiger partial charge < -0.3 is 0 Å². The Morgan fingerprint density at radius 2 is 0.975 bits per heavy atom. The van der Waals surface area contributed by atoms with Gasteiger partial charge in [0.2, 0.25) is 0 Å². The van der Waals surface area contributed by atoms with Gasteiger partial charge in [0.25, 0.3) is 11.8 Å². The van der Waals surface area contributed by atoms with E-state index in [0.29, 0.717) is 11.1 Å². The van der Waals surface area contributed by atoms with Crippen LogP contribution in [0.4, 0.5) is 0 Å². The highest BCUT2D eigenvalue weighted by atomic mass is 16.7. The summed E-state index contributed by atoms with van der Waals surface area (Å²) >= 11 is 0. The molecule has 8 heteroatoms. The number of nitriles is 2. The number of hydroxylamine groups is 4. The largest absolute Gasteiger partial charge is 0.272 e. The van der Waals surface area contributed by atoms with Crippen molar-refractivity contribution in [3.63, 3.8) is 0 Å². The second-order valence-corrected chi connectivity index (χ2v) is 12.6. The summed E-state index contributed by atoms with van der Waals surface area (Å²) in [5.41, 5.74) is 2.30. The van der Waals surface area contributed by atoms with Crippen molar-refractivity contribution in [1.29, 1.82) is 10.5 Å². The van der Waals surface area contributed by atoms with Crippen molar-refractivity contribution in [2.45, 2.75) is 92.5 Å². The molecule has 8 nitrogen and oxygen atoms in total. The standard InChI is InChI=1S/2C16H20N2O2/c2*1-11-9-14(13-7-5-12(10-17)6-8-13)18(20-11)15(19)16(2,3)4/h2*5-8,11,14H,9H2,1-4H3/t11-,14+;11-,14-/m10/s1. The molecule has 4 atom stereocenters. The normalized spacial score (nSPS) is 22.6. The van der Waals surface area contributed by atoms with Crippen LogP contribution in [0.25, 0.3) is 0 Å². The molecule has 40 heavy (non-hydrogen) atoms. The molecule has 2 aromatic rings. The van der Waals surface area contributed by atoms with Gasteiger partial charge in [-0.2, -0.15) is 10.5 Å². The van der Waals surface area contributed by atoms with E-state index < -0.39 is 10.8 Å². The lowest BCUT2D eigenvalue weighted by Crippen LogP contribution is -2.38. The molecule has 0 unspecified atom stereocenters. The third-order valence-corrected chi connectivity index (χ3v) is 6.80. The van der Waals surface area contributed by atoms with Crippen molar-refractivity contribution in [3.05, 3.63) is 70.8 Å². The molecule has 2 aromatic carbocycles. The van der Waals surface area contributed by atoms with Crippen LogP contribution in [-0.2, 0) is 19.3 Å². The Bertz CT molecular complexity index is 1180.